The molecular weight excluding hydrogens is 222 g/mol. The van der Waals surface area contributed by atoms with Crippen LogP contribution >= 0.6 is 11.6 Å². The topological polar surface area (TPSA) is 54.7 Å². The van der Waals surface area contributed by atoms with E-state index in [0.29, 0.717) is 5.02 Å². The van der Waals surface area contributed by atoms with Crippen LogP contribution in [0.2, 0.25) is 5.02 Å². The zero-order valence-corrected chi connectivity index (χ0v) is 10.3. The first kappa shape index (κ1) is 11.4. The van der Waals surface area contributed by atoms with E-state index in [-0.39, 0.29) is 5.54 Å². The Labute approximate surface area is 100 Å². The highest BCUT2D eigenvalue weighted by molar-refractivity contribution is 6.34. The van der Waals surface area contributed by atoms with Gasteiger partial charge in [-0.3, -0.25) is 0 Å². The Hall–Kier alpha value is -1.06. The maximum absolute atomic E-state index is 6.05. The average molecular weight is 238 g/mol. The van der Waals surface area contributed by atoms with Crippen LogP contribution in [-0.4, -0.2) is 15.5 Å². The van der Waals surface area contributed by atoms with Crippen molar-refractivity contribution in [1.82, 2.24) is 9.97 Å². The smallest absolute Gasteiger partial charge is 0.107 e. The van der Waals surface area contributed by atoms with E-state index in [0.717, 1.165) is 29.7 Å². The second-order valence-corrected chi connectivity index (χ2v) is 5.22. The summed E-state index contributed by atoms with van der Waals surface area (Å²) in [5, 5.41) is 0.687. The molecule has 1 heterocycles. The molecule has 4 heteroatoms. The number of fused-ring (bicyclic) bond motifs is 1. The van der Waals surface area contributed by atoms with Gasteiger partial charge >= 0.3 is 0 Å². The fourth-order valence-corrected chi connectivity index (χ4v) is 1.82. The summed E-state index contributed by atoms with van der Waals surface area (Å²) in [7, 11) is 0. The third-order valence-corrected chi connectivity index (χ3v) is 2.82. The Morgan fingerprint density at radius 1 is 1.44 bits per heavy atom. The quantitative estimate of drug-likeness (QED) is 0.863. The van der Waals surface area contributed by atoms with Crippen molar-refractivity contribution in [2.75, 3.05) is 0 Å². The van der Waals surface area contributed by atoms with Crippen molar-refractivity contribution in [3.8, 4) is 0 Å². The highest BCUT2D eigenvalue weighted by Crippen LogP contribution is 2.21. The molecule has 86 valence electrons. The molecule has 1 aromatic carbocycles. The lowest BCUT2D eigenvalue weighted by molar-refractivity contribution is 0.472. The van der Waals surface area contributed by atoms with Crippen molar-refractivity contribution < 1.29 is 0 Å². The predicted octanol–water partition coefficient (Wildman–Crippen LogP) is 2.89. The molecule has 0 aliphatic rings. The molecule has 1 aromatic heterocycles. The van der Waals surface area contributed by atoms with E-state index in [1.54, 1.807) is 0 Å². The predicted molar refractivity (Wildman–Crippen MR) is 67.7 cm³/mol. The van der Waals surface area contributed by atoms with Crippen molar-refractivity contribution in [1.29, 1.82) is 0 Å². The third-order valence-electron chi connectivity index (χ3n) is 2.52. The first-order valence-corrected chi connectivity index (χ1v) is 5.75. The molecule has 0 radical (unpaired) electrons. The minimum absolute atomic E-state index is 0.164. The van der Waals surface area contributed by atoms with Gasteiger partial charge in [-0.2, -0.15) is 0 Å². The van der Waals surface area contributed by atoms with Gasteiger partial charge in [-0.05, 0) is 32.4 Å². The fourth-order valence-electron chi connectivity index (χ4n) is 1.61. The summed E-state index contributed by atoms with van der Waals surface area (Å²) >= 11 is 6.05. The van der Waals surface area contributed by atoms with Crippen LogP contribution in [0.5, 0.6) is 0 Å². The highest BCUT2D eigenvalue weighted by Gasteiger charge is 2.12. The number of nitrogens with one attached hydrogen (secondary N) is 1. The Morgan fingerprint density at radius 3 is 2.81 bits per heavy atom. The van der Waals surface area contributed by atoms with Crippen LogP contribution in [0.1, 0.15) is 26.1 Å². The number of nitrogens with two attached hydrogens (primary N) is 1. The van der Waals surface area contributed by atoms with Crippen molar-refractivity contribution >= 4 is 22.6 Å². The number of halogens is 1. The molecule has 0 aliphatic carbocycles. The molecule has 0 fully saturated rings. The second-order valence-electron chi connectivity index (χ2n) is 4.81. The number of H-pyrrole nitrogens is 1. The molecule has 2 aromatic rings. The number of imidazole rings is 1. The Balaban J connectivity index is 2.24. The zero-order valence-electron chi connectivity index (χ0n) is 9.55. The van der Waals surface area contributed by atoms with Gasteiger partial charge in [0.25, 0.3) is 0 Å². The Morgan fingerprint density at radius 2 is 2.19 bits per heavy atom. The number of benzene rings is 1. The summed E-state index contributed by atoms with van der Waals surface area (Å²) in [4.78, 5) is 7.73. The molecule has 0 atom stereocenters. The van der Waals surface area contributed by atoms with Crippen LogP contribution in [0.25, 0.3) is 11.0 Å². The number of hydrogen-bond acceptors (Lipinski definition) is 2. The maximum Gasteiger partial charge on any atom is 0.107 e. The molecule has 0 aliphatic heterocycles. The van der Waals surface area contributed by atoms with Crippen LogP contribution in [0.4, 0.5) is 0 Å². The normalized spacial score (nSPS) is 12.2. The number of rotatable bonds is 3. The van der Waals surface area contributed by atoms with E-state index in [9.17, 15) is 0 Å². The van der Waals surface area contributed by atoms with Gasteiger partial charge in [0.05, 0.1) is 10.5 Å². The summed E-state index contributed by atoms with van der Waals surface area (Å²) in [6.45, 7) is 4.03. The lowest BCUT2D eigenvalue weighted by atomic mass is 10.0. The van der Waals surface area contributed by atoms with Gasteiger partial charge in [-0.15, -0.1) is 0 Å². The van der Waals surface area contributed by atoms with Crippen molar-refractivity contribution in [3.05, 3.63) is 29.0 Å². The minimum atomic E-state index is -0.164. The lowest BCUT2D eigenvalue weighted by Gasteiger charge is -2.16. The number of nitrogens with zero attached hydrogens (tertiary/aromatic N) is 1. The minimum Gasteiger partial charge on any atom is -0.342 e. The maximum atomic E-state index is 6.05. The Bertz CT molecular complexity index is 496. The molecule has 3 N–H and O–H groups in total. The fraction of sp³-hybridized carbons (Fsp3) is 0.417. The van der Waals surface area contributed by atoms with Gasteiger partial charge in [-0.1, -0.05) is 17.7 Å². The van der Waals surface area contributed by atoms with Crippen LogP contribution in [0.15, 0.2) is 18.2 Å². The van der Waals surface area contributed by atoms with E-state index < -0.39 is 0 Å². The van der Waals surface area contributed by atoms with Gasteiger partial charge < -0.3 is 10.7 Å². The molecular formula is C12H16ClN3. The summed E-state index contributed by atoms with van der Waals surface area (Å²) in [6, 6.07) is 5.74. The van der Waals surface area contributed by atoms with Gasteiger partial charge in [0.1, 0.15) is 11.3 Å². The van der Waals surface area contributed by atoms with E-state index in [2.05, 4.69) is 9.97 Å². The molecule has 0 spiro atoms. The highest BCUT2D eigenvalue weighted by atomic mass is 35.5. The van der Waals surface area contributed by atoms with Crippen molar-refractivity contribution in [3.63, 3.8) is 0 Å². The first-order chi connectivity index (χ1) is 7.46. The molecule has 3 nitrogen and oxygen atoms in total. The van der Waals surface area contributed by atoms with E-state index in [4.69, 9.17) is 17.3 Å². The van der Waals surface area contributed by atoms with Crippen molar-refractivity contribution in [2.45, 2.75) is 32.2 Å². The summed E-state index contributed by atoms with van der Waals surface area (Å²) < 4.78 is 0. The van der Waals surface area contributed by atoms with E-state index in [1.165, 1.54) is 0 Å². The molecule has 0 amide bonds. The summed E-state index contributed by atoms with van der Waals surface area (Å²) in [6.07, 6.45) is 1.74. The lowest BCUT2D eigenvalue weighted by Crippen LogP contribution is -2.32. The van der Waals surface area contributed by atoms with Crippen LogP contribution < -0.4 is 5.73 Å². The summed E-state index contributed by atoms with van der Waals surface area (Å²) in [5.74, 6) is 0.946. The number of hydrogen-bond donors (Lipinski definition) is 2. The molecule has 0 unspecified atom stereocenters. The monoisotopic (exact) mass is 237 g/mol. The number of aromatic nitrogens is 2. The van der Waals surface area contributed by atoms with Crippen LogP contribution in [-0.2, 0) is 6.42 Å². The number of aromatic amines is 1. The zero-order chi connectivity index (χ0) is 11.8. The molecule has 0 saturated carbocycles. The van der Waals surface area contributed by atoms with Gasteiger partial charge in [0.2, 0.25) is 0 Å². The van der Waals surface area contributed by atoms with Crippen LogP contribution in [0, 0.1) is 0 Å². The van der Waals surface area contributed by atoms with E-state index in [1.807, 2.05) is 32.0 Å². The van der Waals surface area contributed by atoms with Crippen LogP contribution in [0.3, 0.4) is 0 Å². The average Bonchev–Trinajstić information content (AvgIpc) is 2.58. The third kappa shape index (κ3) is 2.54. The van der Waals surface area contributed by atoms with Gasteiger partial charge in [-0.25, -0.2) is 4.98 Å². The molecule has 2 rings (SSSR count). The van der Waals surface area contributed by atoms with Gasteiger partial charge in [0.15, 0.2) is 0 Å². The number of aryl methyl sites for hydroxylation is 1. The van der Waals surface area contributed by atoms with E-state index >= 15 is 0 Å². The Kier molecular flexibility index (Phi) is 2.91. The largest absolute Gasteiger partial charge is 0.342 e. The molecule has 0 bridgehead atoms. The second kappa shape index (κ2) is 4.07. The standard InChI is InChI=1S/C12H16ClN3/c1-12(2,14)7-6-10-15-9-5-3-4-8(13)11(9)16-10/h3-5H,6-7,14H2,1-2H3,(H,15,16). The first-order valence-electron chi connectivity index (χ1n) is 5.38. The summed E-state index contributed by atoms with van der Waals surface area (Å²) in [5.41, 5.74) is 7.60. The molecule has 0 saturated heterocycles. The SMILES string of the molecule is CC(C)(N)CCc1nc2c(Cl)cccc2[nH]1. The van der Waals surface area contributed by atoms with Crippen molar-refractivity contribution in [2.24, 2.45) is 5.73 Å². The van der Waals surface area contributed by atoms with Gasteiger partial charge in [0, 0.05) is 12.0 Å². The molecule has 16 heavy (non-hydrogen) atoms. The number of para-hydroxylation sites is 1.